The molecule has 3 rings (SSSR count). The highest BCUT2D eigenvalue weighted by atomic mass is 32.1. The molecule has 24 heavy (non-hydrogen) atoms. The van der Waals surface area contributed by atoms with Gasteiger partial charge >= 0.3 is 5.69 Å². The maximum absolute atomic E-state index is 12.1. The van der Waals surface area contributed by atoms with E-state index >= 15 is 0 Å². The molecule has 3 heterocycles. The van der Waals surface area contributed by atoms with Crippen molar-refractivity contribution in [2.75, 3.05) is 0 Å². The van der Waals surface area contributed by atoms with Gasteiger partial charge in [0, 0.05) is 11.4 Å². The van der Waals surface area contributed by atoms with Crippen LogP contribution >= 0.6 is 23.6 Å². The molecule has 0 unspecified atom stereocenters. The lowest BCUT2D eigenvalue weighted by atomic mass is 10.3. The highest BCUT2D eigenvalue weighted by Gasteiger charge is 2.11. The lowest BCUT2D eigenvalue weighted by Crippen LogP contribution is -2.31. The molecule has 0 aliphatic rings. The van der Waals surface area contributed by atoms with Crippen molar-refractivity contribution in [3.63, 3.8) is 0 Å². The number of thiophene rings is 1. The van der Waals surface area contributed by atoms with Crippen molar-refractivity contribution < 1.29 is 0 Å². The van der Waals surface area contributed by atoms with E-state index in [1.54, 1.807) is 17.4 Å². The molecule has 3 aromatic rings. The summed E-state index contributed by atoms with van der Waals surface area (Å²) in [6.07, 6.45) is 5.46. The van der Waals surface area contributed by atoms with Gasteiger partial charge in [-0.05, 0) is 30.0 Å². The first-order valence-electron chi connectivity index (χ1n) is 7.59. The Bertz CT molecular complexity index is 1060. The second-order valence-electron chi connectivity index (χ2n) is 5.26. The first kappa shape index (κ1) is 16.5. The third-order valence-electron chi connectivity index (χ3n) is 3.57. The van der Waals surface area contributed by atoms with Crippen LogP contribution in [0.25, 0.3) is 23.2 Å². The average Bonchev–Trinajstić information content (AvgIpc) is 3.05. The Morgan fingerprint density at radius 3 is 2.88 bits per heavy atom. The van der Waals surface area contributed by atoms with Crippen molar-refractivity contribution in [1.29, 1.82) is 0 Å². The largest absolute Gasteiger partial charge is 0.329 e. The molecule has 0 amide bonds. The quantitative estimate of drug-likeness (QED) is 0.685. The number of nitrogens with zero attached hydrogens (tertiary/aromatic N) is 2. The van der Waals surface area contributed by atoms with Crippen LogP contribution in [-0.2, 0) is 6.54 Å². The number of nitrogens with one attached hydrogen (secondary N) is 2. The van der Waals surface area contributed by atoms with Gasteiger partial charge in [0.2, 0.25) is 0 Å². The van der Waals surface area contributed by atoms with E-state index < -0.39 is 11.2 Å². The highest BCUT2D eigenvalue weighted by molar-refractivity contribution is 7.71. The predicted octanol–water partition coefficient (Wildman–Crippen LogP) is 3.17. The van der Waals surface area contributed by atoms with E-state index in [9.17, 15) is 9.59 Å². The zero-order valence-electron chi connectivity index (χ0n) is 13.0. The van der Waals surface area contributed by atoms with Crippen LogP contribution < -0.4 is 11.2 Å². The zero-order chi connectivity index (χ0) is 17.1. The minimum absolute atomic E-state index is 0.182. The van der Waals surface area contributed by atoms with Gasteiger partial charge in [0.25, 0.3) is 5.56 Å². The molecule has 0 aliphatic heterocycles. The Kier molecular flexibility index (Phi) is 4.86. The summed E-state index contributed by atoms with van der Waals surface area (Å²) in [5, 5.41) is 2.23. The van der Waals surface area contributed by atoms with Crippen LogP contribution in [0, 0.1) is 4.64 Å². The average molecular weight is 360 g/mol. The van der Waals surface area contributed by atoms with Gasteiger partial charge < -0.3 is 4.98 Å². The fourth-order valence-corrected chi connectivity index (χ4v) is 3.28. The van der Waals surface area contributed by atoms with E-state index in [-0.39, 0.29) is 10.0 Å². The van der Waals surface area contributed by atoms with Crippen LogP contribution in [0.5, 0.6) is 0 Å². The Morgan fingerprint density at radius 1 is 1.33 bits per heavy atom. The maximum Gasteiger partial charge on any atom is 0.329 e. The van der Waals surface area contributed by atoms with Crippen molar-refractivity contribution >= 4 is 46.7 Å². The summed E-state index contributed by atoms with van der Waals surface area (Å²) in [6.45, 7) is 2.55. The summed E-state index contributed by atoms with van der Waals surface area (Å²) in [5.74, 6) is 0.510. The Balaban J connectivity index is 2.19. The molecule has 8 heteroatoms. The molecule has 0 radical (unpaired) electrons. The van der Waals surface area contributed by atoms with Crippen LogP contribution in [0.15, 0.2) is 27.1 Å². The molecule has 0 atom stereocenters. The van der Waals surface area contributed by atoms with E-state index in [2.05, 4.69) is 15.0 Å². The zero-order valence-corrected chi connectivity index (χ0v) is 14.7. The number of fused-ring (bicyclic) bond motifs is 1. The third-order valence-corrected chi connectivity index (χ3v) is 4.70. The summed E-state index contributed by atoms with van der Waals surface area (Å²) in [6, 6.07) is 3.95. The second kappa shape index (κ2) is 7.06. The number of aryl methyl sites for hydroxylation is 1. The fraction of sp³-hybridized carbons (Fsp3) is 0.250. The van der Waals surface area contributed by atoms with Crippen LogP contribution in [-0.4, -0.2) is 19.5 Å². The summed E-state index contributed by atoms with van der Waals surface area (Å²) < 4.78 is 1.70. The lowest BCUT2D eigenvalue weighted by Gasteiger charge is -2.09. The number of H-pyrrole nitrogens is 2. The second-order valence-corrected chi connectivity index (χ2v) is 6.63. The number of hydrogen-bond donors (Lipinski definition) is 2. The van der Waals surface area contributed by atoms with Gasteiger partial charge in [-0.25, -0.2) is 9.78 Å². The first-order chi connectivity index (χ1) is 11.6. The molecule has 6 nitrogen and oxygen atoms in total. The van der Waals surface area contributed by atoms with Crippen molar-refractivity contribution in [2.45, 2.75) is 26.3 Å². The van der Waals surface area contributed by atoms with E-state index in [1.165, 1.54) is 4.57 Å². The summed E-state index contributed by atoms with van der Waals surface area (Å²) in [5.41, 5.74) is -0.528. The van der Waals surface area contributed by atoms with Crippen molar-refractivity contribution in [1.82, 2.24) is 19.5 Å². The molecular formula is C16H16N4O2S2. The molecule has 0 bridgehead atoms. The number of hydrogen-bond acceptors (Lipinski definition) is 5. The minimum Gasteiger partial charge on any atom is -0.325 e. The van der Waals surface area contributed by atoms with Gasteiger partial charge in [0.15, 0.2) is 0 Å². The van der Waals surface area contributed by atoms with Crippen molar-refractivity contribution in [3.05, 3.63) is 53.7 Å². The monoisotopic (exact) mass is 360 g/mol. The van der Waals surface area contributed by atoms with Gasteiger partial charge in [-0.3, -0.25) is 14.3 Å². The van der Waals surface area contributed by atoms with E-state index in [0.29, 0.717) is 18.0 Å². The van der Waals surface area contributed by atoms with E-state index in [4.69, 9.17) is 12.2 Å². The minimum atomic E-state index is -0.509. The van der Waals surface area contributed by atoms with Gasteiger partial charge in [-0.15, -0.1) is 11.3 Å². The number of rotatable bonds is 5. The Morgan fingerprint density at radius 2 is 2.17 bits per heavy atom. The topological polar surface area (TPSA) is 83.5 Å². The number of aromatic amines is 2. The summed E-state index contributed by atoms with van der Waals surface area (Å²) >= 11 is 6.87. The standard InChI is InChI=1S/C16H16N4O2S2/c1-2-3-8-20-13-12(14(21)19-16(20)22)15(23)18-11(17-13)7-6-10-5-4-9-24-10/h4-7,9H,2-3,8H2,1H3,(H,17,18,23)(H,19,21,22)/b7-6+. The molecule has 0 aromatic carbocycles. The molecule has 2 N–H and O–H groups in total. The SMILES string of the molecule is CCCCn1c(=O)[nH]c(=O)c2c(=S)nc(/C=C/c3cccs3)[nH]c21. The van der Waals surface area contributed by atoms with Gasteiger partial charge in [-0.1, -0.05) is 31.6 Å². The maximum atomic E-state index is 12.1. The molecule has 0 fully saturated rings. The van der Waals surface area contributed by atoms with Crippen LogP contribution in [0.2, 0.25) is 0 Å². The normalized spacial score (nSPS) is 11.5. The smallest absolute Gasteiger partial charge is 0.325 e. The molecule has 0 aliphatic carbocycles. The van der Waals surface area contributed by atoms with E-state index in [0.717, 1.165) is 17.7 Å². The van der Waals surface area contributed by atoms with E-state index in [1.807, 2.05) is 30.5 Å². The third kappa shape index (κ3) is 3.29. The number of aromatic nitrogens is 4. The molecule has 0 saturated carbocycles. The first-order valence-corrected chi connectivity index (χ1v) is 8.87. The van der Waals surface area contributed by atoms with Gasteiger partial charge in [-0.2, -0.15) is 0 Å². The fourth-order valence-electron chi connectivity index (χ4n) is 2.37. The lowest BCUT2D eigenvalue weighted by molar-refractivity contribution is 0.612. The molecule has 3 aromatic heterocycles. The van der Waals surface area contributed by atoms with Crippen molar-refractivity contribution in [2.24, 2.45) is 0 Å². The van der Waals surface area contributed by atoms with Crippen LogP contribution in [0.1, 0.15) is 30.5 Å². The summed E-state index contributed by atoms with van der Waals surface area (Å²) in [7, 11) is 0. The molecule has 124 valence electrons. The number of unbranched alkanes of at least 4 members (excludes halogenated alkanes) is 1. The molecule has 0 spiro atoms. The highest BCUT2D eigenvalue weighted by Crippen LogP contribution is 2.13. The molecular weight excluding hydrogens is 344 g/mol. The van der Waals surface area contributed by atoms with Crippen LogP contribution in [0.4, 0.5) is 0 Å². The van der Waals surface area contributed by atoms with Gasteiger partial charge in [0.1, 0.15) is 21.5 Å². The Hall–Kier alpha value is -2.32. The van der Waals surface area contributed by atoms with Crippen molar-refractivity contribution in [3.8, 4) is 0 Å². The Labute approximate surface area is 146 Å². The predicted molar refractivity (Wildman–Crippen MR) is 100.0 cm³/mol. The van der Waals surface area contributed by atoms with Crippen LogP contribution in [0.3, 0.4) is 0 Å². The summed E-state index contributed by atoms with van der Waals surface area (Å²) in [4.78, 5) is 34.9. The molecule has 0 saturated heterocycles. The van der Waals surface area contributed by atoms with Gasteiger partial charge in [0.05, 0.1) is 0 Å².